The molecule has 1 amide bonds. The summed E-state index contributed by atoms with van der Waals surface area (Å²) < 4.78 is 24.0. The van der Waals surface area contributed by atoms with Crippen molar-refractivity contribution in [2.45, 2.75) is 70.4 Å². The van der Waals surface area contributed by atoms with E-state index in [0.29, 0.717) is 18.2 Å². The molecule has 2 aromatic heterocycles. The van der Waals surface area contributed by atoms with Gasteiger partial charge in [-0.2, -0.15) is 0 Å². The first kappa shape index (κ1) is 27.8. The Labute approximate surface area is 233 Å². The summed E-state index contributed by atoms with van der Waals surface area (Å²) in [5, 5.41) is 15.4. The van der Waals surface area contributed by atoms with Gasteiger partial charge in [-0.05, 0) is 56.9 Å². The fourth-order valence-corrected chi connectivity index (χ4v) is 6.32. The lowest BCUT2D eigenvalue weighted by molar-refractivity contribution is -0.120. The first-order chi connectivity index (χ1) is 19.5. The number of aromatic nitrogens is 5. The maximum Gasteiger partial charge on any atom is 0.227 e. The summed E-state index contributed by atoms with van der Waals surface area (Å²) in [6.07, 6.45) is 7.76. The van der Waals surface area contributed by atoms with Gasteiger partial charge in [0, 0.05) is 43.9 Å². The third-order valence-corrected chi connectivity index (χ3v) is 8.09. The first-order valence-corrected chi connectivity index (χ1v) is 13.9. The molecule has 40 heavy (non-hydrogen) atoms. The molecule has 6 rings (SSSR count). The van der Waals surface area contributed by atoms with Crippen molar-refractivity contribution < 1.29 is 19.0 Å². The molecule has 1 N–H and O–H groups in total. The van der Waals surface area contributed by atoms with E-state index in [4.69, 9.17) is 14.8 Å². The zero-order valence-electron chi connectivity index (χ0n) is 23.6. The minimum Gasteiger partial charge on any atom is -0.494 e. The molecule has 10 heteroatoms. The molecule has 4 aromatic rings. The minimum atomic E-state index is -0.479. The highest BCUT2D eigenvalue weighted by molar-refractivity contribution is 5.95. The second-order valence-corrected chi connectivity index (χ2v) is 10.5. The Morgan fingerprint density at radius 1 is 1.02 bits per heavy atom. The van der Waals surface area contributed by atoms with E-state index in [2.05, 4.69) is 33.1 Å². The number of piperidine rings is 1. The molecule has 1 aliphatic carbocycles. The van der Waals surface area contributed by atoms with Crippen molar-refractivity contribution in [2.75, 3.05) is 19.1 Å². The lowest BCUT2D eigenvalue weighted by Crippen LogP contribution is -2.40. The van der Waals surface area contributed by atoms with Crippen LogP contribution in [-0.2, 0) is 11.8 Å². The van der Waals surface area contributed by atoms with E-state index < -0.39 is 5.82 Å². The normalized spacial score (nSPS) is 18.1. The van der Waals surface area contributed by atoms with Crippen molar-refractivity contribution in [3.63, 3.8) is 0 Å². The van der Waals surface area contributed by atoms with Crippen molar-refractivity contribution >= 4 is 22.6 Å². The lowest BCUT2D eigenvalue weighted by atomic mass is 9.94. The molecular formula is C30H37FN6O3. The van der Waals surface area contributed by atoms with Crippen LogP contribution in [0.25, 0.3) is 22.3 Å². The first-order valence-electron chi connectivity index (χ1n) is 13.9. The third kappa shape index (κ3) is 4.96. The number of aliphatic hydroxyl groups excluding tert-OH is 1. The van der Waals surface area contributed by atoms with Crippen LogP contribution >= 0.6 is 0 Å². The van der Waals surface area contributed by atoms with Gasteiger partial charge in [0.25, 0.3) is 0 Å². The molecule has 1 saturated heterocycles. The van der Waals surface area contributed by atoms with Gasteiger partial charge in [-0.1, -0.05) is 30.5 Å². The van der Waals surface area contributed by atoms with Crippen LogP contribution in [0.4, 0.5) is 10.1 Å². The van der Waals surface area contributed by atoms with Gasteiger partial charge in [-0.25, -0.2) is 14.1 Å². The molecule has 1 aliphatic heterocycles. The molecule has 9 nitrogen and oxygen atoms in total. The van der Waals surface area contributed by atoms with Crippen molar-refractivity contribution in [1.82, 2.24) is 24.5 Å². The number of hydrogen-bond acceptors (Lipinski definition) is 6. The molecule has 2 fully saturated rings. The Bertz CT molecular complexity index is 1490. The number of imidazole rings is 1. The molecule has 2 aliphatic rings. The van der Waals surface area contributed by atoms with Gasteiger partial charge >= 0.3 is 0 Å². The van der Waals surface area contributed by atoms with Crippen molar-refractivity contribution in [2.24, 2.45) is 7.05 Å². The highest BCUT2D eigenvalue weighted by Gasteiger charge is 2.36. The van der Waals surface area contributed by atoms with Crippen LogP contribution in [0.1, 0.15) is 75.0 Å². The van der Waals surface area contributed by atoms with Crippen LogP contribution in [0.5, 0.6) is 5.75 Å². The number of amides is 1. The summed E-state index contributed by atoms with van der Waals surface area (Å²) in [4.78, 5) is 20.3. The summed E-state index contributed by atoms with van der Waals surface area (Å²) in [5.74, 6) is 0.558. The highest BCUT2D eigenvalue weighted by Crippen LogP contribution is 2.41. The molecular weight excluding hydrogens is 511 g/mol. The Morgan fingerprint density at radius 2 is 1.80 bits per heavy atom. The maximum absolute atomic E-state index is 14.7. The number of nitrogens with zero attached hydrogens (tertiary/aromatic N) is 6. The van der Waals surface area contributed by atoms with Gasteiger partial charge in [-0.15, -0.1) is 5.10 Å². The van der Waals surface area contributed by atoms with E-state index >= 15 is 0 Å². The van der Waals surface area contributed by atoms with Crippen LogP contribution < -0.4 is 9.64 Å². The molecule has 1 saturated carbocycles. The molecule has 0 spiro atoms. The second kappa shape index (κ2) is 11.8. The number of carbonyl (C=O) groups excluding carboxylic acids is 1. The smallest absolute Gasteiger partial charge is 0.227 e. The van der Waals surface area contributed by atoms with Gasteiger partial charge in [-0.3, -0.25) is 4.79 Å². The number of ether oxygens (including phenoxy) is 1. The van der Waals surface area contributed by atoms with Crippen LogP contribution in [0, 0.1) is 12.7 Å². The number of methoxy groups -OCH3 is 1. The largest absolute Gasteiger partial charge is 0.494 e. The topological polar surface area (TPSA) is 98.3 Å². The SMILES string of the molecule is CO.COc1ccc(N2C(=O)CCC[C@H]2c2nc3cc(-c4c(C)nnn4C)ccc3n2C2CCCCC2)cc1F. The van der Waals surface area contributed by atoms with E-state index in [1.165, 1.54) is 32.4 Å². The average molecular weight is 549 g/mol. The molecule has 0 unspecified atom stereocenters. The summed E-state index contributed by atoms with van der Waals surface area (Å²) in [5.41, 5.74) is 5.34. The van der Waals surface area contributed by atoms with E-state index in [9.17, 15) is 9.18 Å². The number of rotatable bonds is 5. The van der Waals surface area contributed by atoms with Gasteiger partial charge in [0.1, 0.15) is 5.82 Å². The Kier molecular flexibility index (Phi) is 8.16. The maximum atomic E-state index is 14.7. The molecule has 2 aromatic carbocycles. The van der Waals surface area contributed by atoms with E-state index in [-0.39, 0.29) is 17.7 Å². The van der Waals surface area contributed by atoms with Crippen LogP contribution in [-0.4, -0.2) is 49.8 Å². The second-order valence-electron chi connectivity index (χ2n) is 10.5. The number of benzene rings is 2. The van der Waals surface area contributed by atoms with E-state index in [0.717, 1.165) is 66.6 Å². The number of carbonyl (C=O) groups is 1. The fraction of sp³-hybridized carbons (Fsp3) is 0.467. The number of halogens is 1. The fourth-order valence-electron chi connectivity index (χ4n) is 6.32. The Morgan fingerprint density at radius 3 is 2.48 bits per heavy atom. The predicted molar refractivity (Wildman–Crippen MR) is 152 cm³/mol. The molecule has 0 radical (unpaired) electrons. The number of fused-ring (bicyclic) bond motifs is 1. The summed E-state index contributed by atoms with van der Waals surface area (Å²) >= 11 is 0. The van der Waals surface area contributed by atoms with Crippen LogP contribution in [0.15, 0.2) is 36.4 Å². The van der Waals surface area contributed by atoms with E-state index in [1.54, 1.807) is 21.7 Å². The number of aryl methyl sites for hydroxylation is 2. The summed E-state index contributed by atoms with van der Waals surface area (Å²) in [6.45, 7) is 1.96. The summed E-state index contributed by atoms with van der Waals surface area (Å²) in [6, 6.07) is 11.2. The highest BCUT2D eigenvalue weighted by atomic mass is 19.1. The van der Waals surface area contributed by atoms with Gasteiger partial charge in [0.2, 0.25) is 5.91 Å². The van der Waals surface area contributed by atoms with Crippen molar-refractivity contribution in [3.8, 4) is 17.0 Å². The lowest BCUT2D eigenvalue weighted by Gasteiger charge is -2.37. The number of hydrogen-bond donors (Lipinski definition) is 1. The number of anilines is 1. The quantitative estimate of drug-likeness (QED) is 0.346. The zero-order chi connectivity index (χ0) is 28.4. The summed E-state index contributed by atoms with van der Waals surface area (Å²) in [7, 11) is 4.34. The van der Waals surface area contributed by atoms with Gasteiger partial charge < -0.3 is 19.3 Å². The van der Waals surface area contributed by atoms with Gasteiger partial charge in [0.15, 0.2) is 11.6 Å². The molecule has 3 heterocycles. The number of aliphatic hydroxyl groups is 1. The van der Waals surface area contributed by atoms with Crippen LogP contribution in [0.2, 0.25) is 0 Å². The zero-order valence-corrected chi connectivity index (χ0v) is 23.6. The van der Waals surface area contributed by atoms with E-state index in [1.807, 2.05) is 14.0 Å². The Balaban J connectivity index is 0.00000158. The molecule has 0 bridgehead atoms. The average Bonchev–Trinajstić information content (AvgIpc) is 3.53. The predicted octanol–water partition coefficient (Wildman–Crippen LogP) is 5.66. The standard InChI is InChI=1S/C29H33FN6O2.CH4O/c1-18-28(34(2)33-32-18)19-12-14-24-23(16-19)31-29(36(24)20-8-5-4-6-9-20)25-10-7-11-27(37)35(25)21-13-15-26(38-3)22(30)17-21;1-2/h12-17,20,25H,4-11H2,1-3H3;2H,1H3/t25-;/m0./s1. The van der Waals surface area contributed by atoms with Gasteiger partial charge in [0.05, 0.1) is 35.6 Å². The third-order valence-electron chi connectivity index (χ3n) is 8.09. The van der Waals surface area contributed by atoms with Crippen LogP contribution in [0.3, 0.4) is 0 Å². The minimum absolute atomic E-state index is 0.00894. The molecule has 212 valence electrons. The molecule has 1 atom stereocenters. The van der Waals surface area contributed by atoms with Crippen molar-refractivity contribution in [1.29, 1.82) is 0 Å². The Hall–Kier alpha value is -3.79. The van der Waals surface area contributed by atoms with Crippen molar-refractivity contribution in [3.05, 3.63) is 53.7 Å². The monoisotopic (exact) mass is 548 g/mol.